The quantitative estimate of drug-likeness (QED) is 0.437. The molecule has 0 aliphatic heterocycles. The molecule has 32 heavy (non-hydrogen) atoms. The molecule has 5 atom stereocenters. The summed E-state index contributed by atoms with van der Waals surface area (Å²) in [6.07, 6.45) is 4.41. The normalized spacial score (nSPS) is 26.8. The SMILES string of the molecule is CC(C)(C)[S@](=O)/N=C/C1[C@H]2CC(O[Si](c3ccccc3)(c3ccccc3)C(C)(C)C)C[C@@H]12. The molecule has 2 aliphatic carbocycles. The van der Waals surface area contributed by atoms with E-state index in [0.29, 0.717) is 17.8 Å². The van der Waals surface area contributed by atoms with E-state index in [9.17, 15) is 4.21 Å². The largest absolute Gasteiger partial charge is 0.404 e. The Labute approximate surface area is 197 Å². The highest BCUT2D eigenvalue weighted by Gasteiger charge is 2.59. The lowest BCUT2D eigenvalue weighted by Crippen LogP contribution is -2.67. The first-order valence-electron chi connectivity index (χ1n) is 11.8. The summed E-state index contributed by atoms with van der Waals surface area (Å²) >= 11 is 0. The van der Waals surface area contributed by atoms with Crippen LogP contribution in [0.4, 0.5) is 0 Å². The van der Waals surface area contributed by atoms with Gasteiger partial charge < -0.3 is 4.43 Å². The Morgan fingerprint density at radius 1 is 0.875 bits per heavy atom. The first-order valence-corrected chi connectivity index (χ1v) is 14.8. The van der Waals surface area contributed by atoms with Crippen molar-refractivity contribution in [2.45, 2.75) is 70.3 Å². The maximum Gasteiger partial charge on any atom is 0.261 e. The molecule has 0 saturated heterocycles. The van der Waals surface area contributed by atoms with E-state index in [2.05, 4.69) is 85.8 Å². The molecular weight excluding hydrogens is 430 g/mol. The number of hydrogen-bond acceptors (Lipinski definition) is 2. The molecule has 2 unspecified atom stereocenters. The van der Waals surface area contributed by atoms with Gasteiger partial charge in [0.2, 0.25) is 0 Å². The summed E-state index contributed by atoms with van der Waals surface area (Å²) in [5, 5.41) is 2.70. The summed E-state index contributed by atoms with van der Waals surface area (Å²) in [6, 6.07) is 21.8. The molecule has 2 saturated carbocycles. The van der Waals surface area contributed by atoms with Crippen LogP contribution in [0.2, 0.25) is 5.04 Å². The minimum atomic E-state index is -2.49. The van der Waals surface area contributed by atoms with E-state index in [0.717, 1.165) is 12.8 Å². The van der Waals surface area contributed by atoms with Crippen molar-refractivity contribution in [1.82, 2.24) is 0 Å². The van der Waals surface area contributed by atoms with Gasteiger partial charge >= 0.3 is 0 Å². The maximum atomic E-state index is 12.3. The van der Waals surface area contributed by atoms with Gasteiger partial charge in [-0.05, 0) is 60.9 Å². The van der Waals surface area contributed by atoms with Gasteiger partial charge in [0.15, 0.2) is 0 Å². The van der Waals surface area contributed by atoms with Crippen LogP contribution in [0.5, 0.6) is 0 Å². The molecule has 172 valence electrons. The van der Waals surface area contributed by atoms with Gasteiger partial charge in [0.1, 0.15) is 11.0 Å². The Hall–Kier alpha value is -1.56. The van der Waals surface area contributed by atoms with E-state index in [1.165, 1.54) is 10.4 Å². The van der Waals surface area contributed by atoms with Crippen LogP contribution < -0.4 is 10.4 Å². The third-order valence-electron chi connectivity index (χ3n) is 7.08. The van der Waals surface area contributed by atoms with Crippen molar-refractivity contribution in [2.24, 2.45) is 22.2 Å². The van der Waals surface area contributed by atoms with Crippen LogP contribution in [-0.4, -0.2) is 29.6 Å². The van der Waals surface area contributed by atoms with Crippen molar-refractivity contribution >= 4 is 35.9 Å². The van der Waals surface area contributed by atoms with E-state index in [-0.39, 0.29) is 15.9 Å². The first kappa shape index (κ1) is 23.6. The number of benzene rings is 2. The van der Waals surface area contributed by atoms with Crippen molar-refractivity contribution in [3.05, 3.63) is 60.7 Å². The van der Waals surface area contributed by atoms with Crippen LogP contribution >= 0.6 is 0 Å². The molecule has 2 aliphatic rings. The average Bonchev–Trinajstić information content (AvgIpc) is 3.20. The van der Waals surface area contributed by atoms with Crippen LogP contribution in [0.3, 0.4) is 0 Å². The fourth-order valence-corrected chi connectivity index (χ4v) is 10.7. The Bertz CT molecular complexity index is 927. The predicted molar refractivity (Wildman–Crippen MR) is 139 cm³/mol. The second kappa shape index (κ2) is 8.66. The highest BCUT2D eigenvalue weighted by atomic mass is 32.2. The van der Waals surface area contributed by atoms with Gasteiger partial charge in [0.05, 0.1) is 4.75 Å². The molecule has 0 spiro atoms. The monoisotopic (exact) mass is 467 g/mol. The second-order valence-electron chi connectivity index (χ2n) is 11.4. The minimum absolute atomic E-state index is 0.00690. The summed E-state index contributed by atoms with van der Waals surface area (Å²) in [7, 11) is -3.66. The van der Waals surface area contributed by atoms with Crippen LogP contribution in [0.15, 0.2) is 65.1 Å². The van der Waals surface area contributed by atoms with Gasteiger partial charge in [0, 0.05) is 18.2 Å². The molecule has 0 amide bonds. The fraction of sp³-hybridized carbons (Fsp3) is 0.519. The van der Waals surface area contributed by atoms with Gasteiger partial charge in [-0.2, -0.15) is 4.40 Å². The van der Waals surface area contributed by atoms with Gasteiger partial charge in [-0.15, -0.1) is 0 Å². The standard InChI is InChI=1S/C27H37NO2SSi/c1-26(2,3)31(29)28-19-25-23-17-20(18-24(23)25)30-32(27(4,5)6,21-13-9-7-10-14-21)22-15-11-8-12-16-22/h7-16,19-20,23-25H,17-18H2,1-6H3/b28-19+/t20?,23-,24+,25?,31-/m0/s1. The van der Waals surface area contributed by atoms with E-state index in [4.69, 9.17) is 4.43 Å². The van der Waals surface area contributed by atoms with Crippen LogP contribution in [0, 0.1) is 17.8 Å². The molecule has 0 bridgehead atoms. The Morgan fingerprint density at radius 2 is 1.34 bits per heavy atom. The van der Waals surface area contributed by atoms with E-state index >= 15 is 0 Å². The fourth-order valence-electron chi connectivity index (χ4n) is 5.38. The van der Waals surface area contributed by atoms with Gasteiger partial charge in [-0.25, -0.2) is 4.21 Å². The summed E-state index contributed by atoms with van der Waals surface area (Å²) in [6.45, 7) is 12.9. The molecule has 5 heteroatoms. The molecule has 2 aromatic carbocycles. The minimum Gasteiger partial charge on any atom is -0.404 e. The molecule has 0 heterocycles. The Balaban J connectivity index is 1.56. The highest BCUT2D eigenvalue weighted by Crippen LogP contribution is 2.58. The smallest absolute Gasteiger partial charge is 0.261 e. The van der Waals surface area contributed by atoms with Crippen molar-refractivity contribution in [3.63, 3.8) is 0 Å². The number of rotatable bonds is 6. The molecule has 4 rings (SSSR count). The molecule has 0 aromatic heterocycles. The topological polar surface area (TPSA) is 38.7 Å². The lowest BCUT2D eigenvalue weighted by Gasteiger charge is -2.45. The molecule has 2 aromatic rings. The Kier molecular flexibility index (Phi) is 6.38. The average molecular weight is 468 g/mol. The zero-order valence-corrected chi connectivity index (χ0v) is 22.1. The Morgan fingerprint density at radius 3 is 1.75 bits per heavy atom. The van der Waals surface area contributed by atoms with Gasteiger partial charge in [-0.1, -0.05) is 81.4 Å². The summed E-state index contributed by atoms with van der Waals surface area (Å²) < 4.78 is 23.7. The second-order valence-corrected chi connectivity index (χ2v) is 17.6. The zero-order valence-electron chi connectivity index (χ0n) is 20.2. The third-order valence-corrected chi connectivity index (χ3v) is 13.5. The molecule has 3 nitrogen and oxygen atoms in total. The highest BCUT2D eigenvalue weighted by molar-refractivity contribution is 7.85. The molecule has 0 radical (unpaired) electrons. The lowest BCUT2D eigenvalue weighted by molar-refractivity contribution is 0.177. The van der Waals surface area contributed by atoms with E-state index in [1.807, 2.05) is 27.0 Å². The zero-order chi connectivity index (χ0) is 23.1. The molecular formula is C27H37NO2SSi. The van der Waals surface area contributed by atoms with Gasteiger partial charge in [-0.3, -0.25) is 0 Å². The van der Waals surface area contributed by atoms with Crippen molar-refractivity contribution in [3.8, 4) is 0 Å². The maximum absolute atomic E-state index is 12.3. The van der Waals surface area contributed by atoms with Crippen molar-refractivity contribution < 1.29 is 8.63 Å². The van der Waals surface area contributed by atoms with Crippen LogP contribution in [0.25, 0.3) is 0 Å². The number of hydrogen-bond donors (Lipinski definition) is 0. The summed E-state index contributed by atoms with van der Waals surface area (Å²) in [4.78, 5) is 0. The summed E-state index contributed by atoms with van der Waals surface area (Å²) in [5.41, 5.74) is 0. The van der Waals surface area contributed by atoms with E-state index < -0.39 is 19.3 Å². The lowest BCUT2D eigenvalue weighted by atomic mass is 10.1. The summed E-state index contributed by atoms with van der Waals surface area (Å²) in [5.74, 6) is 1.72. The number of fused-ring (bicyclic) bond motifs is 1. The predicted octanol–water partition coefficient (Wildman–Crippen LogP) is 5.12. The van der Waals surface area contributed by atoms with Crippen LogP contribution in [0.1, 0.15) is 54.4 Å². The number of nitrogens with zero attached hydrogens (tertiary/aromatic N) is 1. The molecule has 0 N–H and O–H groups in total. The third kappa shape index (κ3) is 4.44. The van der Waals surface area contributed by atoms with Crippen molar-refractivity contribution in [2.75, 3.05) is 0 Å². The van der Waals surface area contributed by atoms with Gasteiger partial charge in [0.25, 0.3) is 8.32 Å². The first-order chi connectivity index (χ1) is 15.0. The van der Waals surface area contributed by atoms with Crippen molar-refractivity contribution in [1.29, 1.82) is 0 Å². The van der Waals surface area contributed by atoms with E-state index in [1.54, 1.807) is 0 Å². The van der Waals surface area contributed by atoms with Crippen LogP contribution in [-0.2, 0) is 15.4 Å². The molecule has 2 fully saturated rings.